The molecule has 1 unspecified atom stereocenters. The fourth-order valence-electron chi connectivity index (χ4n) is 2.58. The van der Waals surface area contributed by atoms with E-state index >= 15 is 0 Å². The standard InChI is InChI=1S/C21H21ClF3N5O/c1-20(2,3)18(30(22)17(31)14-8-5-4-6-9-14)29-19(27-13-26)28-16-11-7-10-15(12-16)21(23,24)25/h4-12,18H,1-3H3,(H2,27,28,29). The van der Waals surface area contributed by atoms with Gasteiger partial charge in [-0.05, 0) is 30.3 Å². The number of nitrogens with one attached hydrogen (secondary N) is 2. The lowest BCUT2D eigenvalue weighted by atomic mass is 9.92. The number of alkyl halides is 3. The molecule has 0 saturated carbocycles. The summed E-state index contributed by atoms with van der Waals surface area (Å²) in [7, 11) is 0. The van der Waals surface area contributed by atoms with Crippen LogP contribution in [0.5, 0.6) is 0 Å². The molecule has 0 aliphatic heterocycles. The van der Waals surface area contributed by atoms with Gasteiger partial charge in [-0.1, -0.05) is 45.0 Å². The van der Waals surface area contributed by atoms with Gasteiger partial charge in [-0.2, -0.15) is 18.4 Å². The highest BCUT2D eigenvalue weighted by molar-refractivity contribution is 6.24. The van der Waals surface area contributed by atoms with Crippen LogP contribution in [0.1, 0.15) is 36.7 Å². The number of nitriles is 1. The van der Waals surface area contributed by atoms with E-state index < -0.39 is 29.2 Å². The summed E-state index contributed by atoms with van der Waals surface area (Å²) in [6.45, 7) is 5.34. The highest BCUT2D eigenvalue weighted by Crippen LogP contribution is 2.31. The molecule has 0 radical (unpaired) electrons. The monoisotopic (exact) mass is 451 g/mol. The summed E-state index contributed by atoms with van der Waals surface area (Å²) in [5, 5.41) is 14.0. The van der Waals surface area contributed by atoms with Gasteiger partial charge < -0.3 is 5.32 Å². The van der Waals surface area contributed by atoms with Crippen LogP contribution in [0.3, 0.4) is 0 Å². The number of amides is 1. The maximum Gasteiger partial charge on any atom is 0.416 e. The van der Waals surface area contributed by atoms with Crippen molar-refractivity contribution in [3.05, 3.63) is 65.7 Å². The first kappa shape index (κ1) is 24.0. The lowest BCUT2D eigenvalue weighted by Crippen LogP contribution is -2.43. The van der Waals surface area contributed by atoms with Gasteiger partial charge in [0.2, 0.25) is 5.96 Å². The summed E-state index contributed by atoms with van der Waals surface area (Å²) in [4.78, 5) is 17.1. The van der Waals surface area contributed by atoms with E-state index in [1.54, 1.807) is 57.3 Å². The minimum atomic E-state index is -4.53. The Balaban J connectivity index is 2.39. The minimum absolute atomic E-state index is 0.0551. The van der Waals surface area contributed by atoms with Crippen LogP contribution in [0, 0.1) is 16.9 Å². The third-order valence-electron chi connectivity index (χ3n) is 4.08. The van der Waals surface area contributed by atoms with E-state index in [0.29, 0.717) is 5.56 Å². The highest BCUT2D eigenvalue weighted by Gasteiger charge is 2.34. The number of carbonyl (C=O) groups is 1. The van der Waals surface area contributed by atoms with Crippen LogP contribution in [0.4, 0.5) is 18.9 Å². The molecule has 164 valence electrons. The number of nitrogens with zero attached hydrogens (tertiary/aromatic N) is 3. The Morgan fingerprint density at radius 3 is 2.32 bits per heavy atom. The van der Waals surface area contributed by atoms with Crippen LogP contribution in [0.15, 0.2) is 59.6 Å². The molecule has 10 heteroatoms. The zero-order valence-corrected chi connectivity index (χ0v) is 17.8. The summed E-state index contributed by atoms with van der Waals surface area (Å²) >= 11 is 6.34. The third kappa shape index (κ3) is 6.62. The quantitative estimate of drug-likeness (QED) is 0.220. The fourth-order valence-corrected chi connectivity index (χ4v) is 3.01. The smallest absolute Gasteiger partial charge is 0.325 e. The van der Waals surface area contributed by atoms with Gasteiger partial charge in [-0.25, -0.2) is 9.41 Å². The van der Waals surface area contributed by atoms with Crippen LogP contribution < -0.4 is 10.6 Å². The topological polar surface area (TPSA) is 80.5 Å². The number of carbonyl (C=O) groups excluding carboxylic acids is 1. The molecule has 31 heavy (non-hydrogen) atoms. The van der Waals surface area contributed by atoms with Gasteiger partial charge in [0.1, 0.15) is 6.17 Å². The molecule has 0 fully saturated rings. The molecule has 1 atom stereocenters. The largest absolute Gasteiger partial charge is 0.416 e. The van der Waals surface area contributed by atoms with Crippen molar-refractivity contribution in [1.82, 2.24) is 9.74 Å². The van der Waals surface area contributed by atoms with Crippen LogP contribution in [0.2, 0.25) is 0 Å². The lowest BCUT2D eigenvalue weighted by Gasteiger charge is -2.33. The molecule has 0 aliphatic carbocycles. The van der Waals surface area contributed by atoms with E-state index in [2.05, 4.69) is 15.6 Å². The predicted molar refractivity (Wildman–Crippen MR) is 113 cm³/mol. The second-order valence-corrected chi connectivity index (χ2v) is 8.00. The van der Waals surface area contributed by atoms with Gasteiger partial charge >= 0.3 is 6.18 Å². The molecule has 2 aromatic rings. The molecule has 0 bridgehead atoms. The molecule has 2 rings (SSSR count). The number of aliphatic imine (C=N–C) groups is 1. The average molecular weight is 452 g/mol. The van der Waals surface area contributed by atoms with E-state index in [0.717, 1.165) is 16.6 Å². The maximum absolute atomic E-state index is 13.0. The van der Waals surface area contributed by atoms with E-state index in [9.17, 15) is 18.0 Å². The number of benzene rings is 2. The molecule has 2 N–H and O–H groups in total. The Morgan fingerprint density at radius 2 is 1.77 bits per heavy atom. The Bertz CT molecular complexity index is 981. The normalized spacial score (nSPS) is 13.2. The average Bonchev–Trinajstić information content (AvgIpc) is 2.70. The van der Waals surface area contributed by atoms with Gasteiger partial charge in [-0.3, -0.25) is 10.1 Å². The Morgan fingerprint density at radius 1 is 1.13 bits per heavy atom. The first-order chi connectivity index (χ1) is 14.4. The molecule has 0 heterocycles. The Hall–Kier alpha value is -3.25. The van der Waals surface area contributed by atoms with Gasteiger partial charge in [-0.15, -0.1) is 0 Å². The van der Waals surface area contributed by atoms with Crippen molar-refractivity contribution in [3.8, 4) is 6.19 Å². The molecular weight excluding hydrogens is 431 g/mol. The van der Waals surface area contributed by atoms with Crippen molar-refractivity contribution in [2.24, 2.45) is 10.4 Å². The van der Waals surface area contributed by atoms with Crippen molar-refractivity contribution in [1.29, 1.82) is 5.26 Å². The highest BCUT2D eigenvalue weighted by atomic mass is 35.5. The van der Waals surface area contributed by atoms with E-state index in [1.165, 1.54) is 12.1 Å². The van der Waals surface area contributed by atoms with Gasteiger partial charge in [0.25, 0.3) is 5.91 Å². The van der Waals surface area contributed by atoms with E-state index in [4.69, 9.17) is 17.0 Å². The summed E-state index contributed by atoms with van der Waals surface area (Å²) in [6.07, 6.45) is -3.81. The summed E-state index contributed by atoms with van der Waals surface area (Å²) in [5.74, 6) is -0.672. The van der Waals surface area contributed by atoms with Crippen molar-refractivity contribution in [3.63, 3.8) is 0 Å². The second-order valence-electron chi connectivity index (χ2n) is 7.64. The Labute approximate surface area is 183 Å². The molecule has 0 spiro atoms. The fraction of sp³-hybridized carbons (Fsp3) is 0.286. The number of hydrogen-bond acceptors (Lipinski definition) is 3. The third-order valence-corrected chi connectivity index (χ3v) is 4.42. The molecular formula is C21H21ClF3N5O. The van der Waals surface area contributed by atoms with Crippen LogP contribution >= 0.6 is 11.8 Å². The Kier molecular flexibility index (Phi) is 7.52. The van der Waals surface area contributed by atoms with E-state index in [-0.39, 0.29) is 11.6 Å². The molecule has 2 aromatic carbocycles. The number of hydrogen-bond donors (Lipinski definition) is 2. The van der Waals surface area contributed by atoms with Gasteiger partial charge in [0.05, 0.1) is 5.56 Å². The number of guanidine groups is 1. The molecule has 0 saturated heterocycles. The molecule has 0 aliphatic rings. The summed E-state index contributed by atoms with van der Waals surface area (Å²) < 4.78 is 39.9. The van der Waals surface area contributed by atoms with Crippen molar-refractivity contribution < 1.29 is 18.0 Å². The molecule has 0 aromatic heterocycles. The van der Waals surface area contributed by atoms with Crippen molar-refractivity contribution in [2.75, 3.05) is 5.32 Å². The first-order valence-electron chi connectivity index (χ1n) is 9.15. The number of halogens is 4. The second kappa shape index (κ2) is 9.71. The SMILES string of the molecule is CC(C)(C)C(N=C(NC#N)Nc1cccc(C(F)(F)F)c1)N(Cl)C(=O)c1ccccc1. The van der Waals surface area contributed by atoms with Crippen LogP contribution in [-0.2, 0) is 6.18 Å². The van der Waals surface area contributed by atoms with Crippen molar-refractivity contribution >= 4 is 29.3 Å². The van der Waals surface area contributed by atoms with Crippen molar-refractivity contribution in [2.45, 2.75) is 33.1 Å². The number of anilines is 1. The van der Waals surface area contributed by atoms with Gasteiger partial charge in [0, 0.05) is 28.4 Å². The maximum atomic E-state index is 13.0. The summed E-state index contributed by atoms with van der Waals surface area (Å²) in [5.41, 5.74) is -1.15. The number of rotatable bonds is 4. The van der Waals surface area contributed by atoms with Crippen LogP contribution in [0.25, 0.3) is 0 Å². The zero-order valence-electron chi connectivity index (χ0n) is 17.0. The van der Waals surface area contributed by atoms with Gasteiger partial charge in [0.15, 0.2) is 6.19 Å². The van der Waals surface area contributed by atoms with E-state index in [1.807, 2.05) is 0 Å². The minimum Gasteiger partial charge on any atom is -0.325 e. The zero-order chi connectivity index (χ0) is 23.2. The predicted octanol–water partition coefficient (Wildman–Crippen LogP) is 5.21. The summed E-state index contributed by atoms with van der Waals surface area (Å²) in [6, 6.07) is 12.7. The lowest BCUT2D eigenvalue weighted by molar-refractivity contribution is -0.137. The molecule has 6 nitrogen and oxygen atoms in total. The first-order valence-corrected chi connectivity index (χ1v) is 9.49. The van der Waals surface area contributed by atoms with Crippen LogP contribution in [-0.4, -0.2) is 22.5 Å². The molecule has 1 amide bonds.